The molecule has 1 N–H and O–H groups in total. The molecular weight excluding hydrogens is 828 g/mol. The Morgan fingerprint density at radius 2 is 1.34 bits per heavy atom. The summed E-state index contributed by atoms with van der Waals surface area (Å²) in [6, 6.07) is 10.4. The standard InChI is InChI=1S/C10H8BrNS2.C7H11BrN2O2S2.C3HBrClNO2S2/c11-9-6-12-10(14-9)13-7-8-4-2-1-3-5-8;1-7(2,3)10-14(11,12)6-9-4-5(8)13-6;4-2-1-6-3(9-2)10(5,7)8/h1-6H,7H2;4,10H,1-3H3;1H. The van der Waals surface area contributed by atoms with Crippen molar-refractivity contribution < 1.29 is 16.8 Å². The maximum Gasteiger partial charge on any atom is 0.288 e. The minimum absolute atomic E-state index is 0.0824. The van der Waals surface area contributed by atoms with Crippen LogP contribution in [0.4, 0.5) is 0 Å². The van der Waals surface area contributed by atoms with Crippen LogP contribution in [0.15, 0.2) is 73.3 Å². The molecule has 38 heavy (non-hydrogen) atoms. The Labute approximate surface area is 267 Å². The van der Waals surface area contributed by atoms with Crippen LogP contribution < -0.4 is 4.72 Å². The summed E-state index contributed by atoms with van der Waals surface area (Å²) in [6.45, 7) is 5.35. The molecule has 3 heterocycles. The summed E-state index contributed by atoms with van der Waals surface area (Å²) in [6.07, 6.45) is 4.71. The summed E-state index contributed by atoms with van der Waals surface area (Å²) in [4.78, 5) is 11.6. The van der Waals surface area contributed by atoms with Crippen molar-refractivity contribution >= 4 is 123 Å². The molecule has 0 radical (unpaired) electrons. The second kappa shape index (κ2) is 15.3. The highest BCUT2D eigenvalue weighted by atomic mass is 79.9. The summed E-state index contributed by atoms with van der Waals surface area (Å²) in [5.41, 5.74) is 0.848. The largest absolute Gasteiger partial charge is 0.288 e. The van der Waals surface area contributed by atoms with Crippen molar-refractivity contribution in [3.8, 4) is 0 Å². The summed E-state index contributed by atoms with van der Waals surface area (Å²) in [7, 11) is -2.13. The monoisotopic (exact) mass is 844 g/mol. The zero-order valence-electron chi connectivity index (χ0n) is 19.8. The molecule has 0 spiro atoms. The van der Waals surface area contributed by atoms with E-state index in [1.807, 2.05) is 12.3 Å². The number of benzene rings is 1. The third-order valence-electron chi connectivity index (χ3n) is 3.45. The first-order valence-corrected chi connectivity index (χ1v) is 19.7. The van der Waals surface area contributed by atoms with Crippen molar-refractivity contribution in [2.24, 2.45) is 0 Å². The molecule has 4 aromatic rings. The van der Waals surface area contributed by atoms with Crippen LogP contribution >= 0.6 is 104 Å². The van der Waals surface area contributed by atoms with Gasteiger partial charge in [-0.05, 0) is 74.1 Å². The average molecular weight is 848 g/mol. The van der Waals surface area contributed by atoms with Crippen molar-refractivity contribution in [3.63, 3.8) is 0 Å². The molecule has 3 aromatic heterocycles. The van der Waals surface area contributed by atoms with Crippen molar-refractivity contribution in [2.75, 3.05) is 0 Å². The number of nitrogens with one attached hydrogen (secondary N) is 1. The highest BCUT2D eigenvalue weighted by Gasteiger charge is 2.24. The van der Waals surface area contributed by atoms with Gasteiger partial charge in [0.05, 0.1) is 29.9 Å². The van der Waals surface area contributed by atoms with Crippen molar-refractivity contribution in [1.82, 2.24) is 19.7 Å². The molecule has 18 heteroatoms. The Morgan fingerprint density at radius 1 is 0.842 bits per heavy atom. The second-order valence-corrected chi connectivity index (χ2v) is 20.9. The van der Waals surface area contributed by atoms with Crippen LogP contribution in [0.1, 0.15) is 26.3 Å². The van der Waals surface area contributed by atoms with Crippen LogP contribution in [0.5, 0.6) is 0 Å². The number of thioether (sulfide) groups is 1. The number of sulfonamides is 1. The summed E-state index contributed by atoms with van der Waals surface area (Å²) in [5.74, 6) is 0.987. The predicted octanol–water partition coefficient (Wildman–Crippen LogP) is 8.01. The Hall–Kier alpha value is 0.0500. The topological polar surface area (TPSA) is 119 Å². The minimum atomic E-state index is -3.63. The van der Waals surface area contributed by atoms with Gasteiger partial charge >= 0.3 is 0 Å². The van der Waals surface area contributed by atoms with Gasteiger partial charge in [0.2, 0.25) is 8.68 Å². The number of hydrogen-bond donors (Lipinski definition) is 1. The minimum Gasteiger partial charge on any atom is -0.237 e. The lowest BCUT2D eigenvalue weighted by Crippen LogP contribution is -2.40. The normalized spacial score (nSPS) is 11.8. The molecule has 0 amide bonds. The van der Waals surface area contributed by atoms with E-state index in [9.17, 15) is 16.8 Å². The molecule has 0 fully saturated rings. The van der Waals surface area contributed by atoms with Crippen LogP contribution in [0.3, 0.4) is 0 Å². The molecule has 0 unspecified atom stereocenters. The van der Waals surface area contributed by atoms with Gasteiger partial charge in [0.25, 0.3) is 19.1 Å². The molecule has 1 aromatic carbocycles. The lowest BCUT2D eigenvalue weighted by atomic mass is 10.1. The van der Waals surface area contributed by atoms with E-state index in [1.54, 1.807) is 43.9 Å². The van der Waals surface area contributed by atoms with Crippen LogP contribution in [0.2, 0.25) is 0 Å². The molecule has 0 saturated heterocycles. The van der Waals surface area contributed by atoms with Crippen LogP contribution in [0, 0.1) is 0 Å². The molecule has 0 bridgehead atoms. The lowest BCUT2D eigenvalue weighted by Gasteiger charge is -2.18. The molecule has 0 aliphatic rings. The highest BCUT2D eigenvalue weighted by molar-refractivity contribution is 9.11. The fraction of sp³-hybridized carbons (Fsp3) is 0.250. The Kier molecular flexibility index (Phi) is 13.8. The number of thiazole rings is 3. The molecule has 8 nitrogen and oxygen atoms in total. The van der Waals surface area contributed by atoms with Crippen molar-refractivity contribution in [2.45, 2.75) is 45.1 Å². The molecule has 0 aliphatic heterocycles. The van der Waals surface area contributed by atoms with E-state index in [2.05, 4.69) is 91.7 Å². The Morgan fingerprint density at radius 3 is 1.74 bits per heavy atom. The van der Waals surface area contributed by atoms with Crippen LogP contribution in [-0.4, -0.2) is 37.3 Å². The molecule has 0 aliphatic carbocycles. The number of hydrogen-bond acceptors (Lipinski definition) is 11. The van der Waals surface area contributed by atoms with Crippen LogP contribution in [-0.2, 0) is 24.8 Å². The fourth-order valence-electron chi connectivity index (χ4n) is 2.19. The number of halogens is 4. The fourth-order valence-corrected chi connectivity index (χ4v) is 10.4. The zero-order valence-corrected chi connectivity index (χ0v) is 30.2. The van der Waals surface area contributed by atoms with Crippen molar-refractivity contribution in [3.05, 3.63) is 65.8 Å². The van der Waals surface area contributed by atoms with Crippen molar-refractivity contribution in [1.29, 1.82) is 0 Å². The quantitative estimate of drug-likeness (QED) is 0.153. The SMILES string of the molecule is Brc1cnc(SCc2ccccc2)s1.CC(C)(C)NS(=O)(=O)c1ncc(Br)s1.O=S(=O)(Cl)c1ncc(Br)s1. The maximum atomic E-state index is 11.7. The average Bonchev–Trinajstić information content (AvgIpc) is 3.54. The van der Waals surface area contributed by atoms with Gasteiger partial charge in [0.15, 0.2) is 4.34 Å². The first kappa shape index (κ1) is 34.3. The van der Waals surface area contributed by atoms with Gasteiger partial charge in [-0.25, -0.2) is 36.5 Å². The highest BCUT2D eigenvalue weighted by Crippen LogP contribution is 2.30. The predicted molar refractivity (Wildman–Crippen MR) is 169 cm³/mol. The number of nitrogens with zero attached hydrogens (tertiary/aromatic N) is 3. The van der Waals surface area contributed by atoms with Gasteiger partial charge in [-0.1, -0.05) is 64.8 Å². The van der Waals surface area contributed by atoms with E-state index in [4.69, 9.17) is 10.7 Å². The maximum absolute atomic E-state index is 11.7. The Bertz CT molecular complexity index is 1520. The molecule has 0 saturated carbocycles. The van der Waals surface area contributed by atoms with E-state index in [-0.39, 0.29) is 8.68 Å². The van der Waals surface area contributed by atoms with Gasteiger partial charge in [-0.15, -0.1) is 11.3 Å². The summed E-state index contributed by atoms with van der Waals surface area (Å²) >= 11 is 15.1. The van der Waals surface area contributed by atoms with Gasteiger partial charge in [-0.2, -0.15) is 0 Å². The first-order chi connectivity index (χ1) is 17.5. The molecular formula is C20H20Br3ClN4O4S6. The third-order valence-corrected chi connectivity index (χ3v) is 13.2. The lowest BCUT2D eigenvalue weighted by molar-refractivity contribution is 0.491. The second-order valence-electron chi connectivity index (χ2n) is 7.86. The molecule has 4 rings (SSSR count). The molecule has 0 atom stereocenters. The first-order valence-electron chi connectivity index (χ1n) is 10.0. The zero-order chi connectivity index (χ0) is 28.6. The van der Waals surface area contributed by atoms with Gasteiger partial charge in [0.1, 0.15) is 0 Å². The smallest absolute Gasteiger partial charge is 0.237 e. The third kappa shape index (κ3) is 13.1. The van der Waals surface area contributed by atoms with Gasteiger partial charge < -0.3 is 0 Å². The summed E-state index contributed by atoms with van der Waals surface area (Å²) < 4.78 is 50.5. The van der Waals surface area contributed by atoms with Crippen LogP contribution in [0.25, 0.3) is 0 Å². The Balaban J connectivity index is 0.000000204. The van der Waals surface area contributed by atoms with Gasteiger partial charge in [-0.3, -0.25) is 0 Å². The van der Waals surface area contributed by atoms with E-state index < -0.39 is 24.6 Å². The number of aromatic nitrogens is 3. The van der Waals surface area contributed by atoms with Gasteiger partial charge in [0, 0.05) is 22.0 Å². The van der Waals surface area contributed by atoms with E-state index in [0.29, 0.717) is 7.57 Å². The van der Waals surface area contributed by atoms with E-state index >= 15 is 0 Å². The van der Waals surface area contributed by atoms with E-state index in [0.717, 1.165) is 36.6 Å². The van der Waals surface area contributed by atoms with E-state index in [1.165, 1.54) is 18.0 Å². The summed E-state index contributed by atoms with van der Waals surface area (Å²) in [5, 5.41) is 0. The molecule has 208 valence electrons. The number of rotatable bonds is 6.